The van der Waals surface area contributed by atoms with Crippen LogP contribution in [0.3, 0.4) is 0 Å². The molecule has 0 aliphatic carbocycles. The molecule has 0 saturated heterocycles. The predicted octanol–water partition coefficient (Wildman–Crippen LogP) is 2.86. The molecule has 1 aromatic carbocycles. The van der Waals surface area contributed by atoms with Crippen LogP contribution >= 0.6 is 0 Å². The highest BCUT2D eigenvalue weighted by molar-refractivity contribution is 5.90. The maximum absolute atomic E-state index is 13.1. The van der Waals surface area contributed by atoms with Gasteiger partial charge in [-0.3, -0.25) is 14.5 Å². The van der Waals surface area contributed by atoms with E-state index in [1.165, 1.54) is 10.7 Å². The first-order valence-electron chi connectivity index (χ1n) is 6.80. The number of halogens is 2. The zero-order valence-corrected chi connectivity index (χ0v) is 11.9. The fourth-order valence-electron chi connectivity index (χ4n) is 2.14. The number of nitrogens with zero attached hydrogens (tertiary/aromatic N) is 3. The van der Waals surface area contributed by atoms with E-state index < -0.39 is 17.5 Å². The highest BCUT2D eigenvalue weighted by Gasteiger charge is 2.11. The summed E-state index contributed by atoms with van der Waals surface area (Å²) in [6.07, 6.45) is 4.88. The van der Waals surface area contributed by atoms with Gasteiger partial charge in [0.05, 0.1) is 5.69 Å². The summed E-state index contributed by atoms with van der Waals surface area (Å²) in [5.74, 6) is -2.37. The lowest BCUT2D eigenvalue weighted by Crippen LogP contribution is -2.20. The average Bonchev–Trinajstić information content (AvgIpc) is 3.00. The van der Waals surface area contributed by atoms with E-state index in [2.05, 4.69) is 15.4 Å². The topological polar surface area (TPSA) is 59.8 Å². The van der Waals surface area contributed by atoms with Crippen LogP contribution in [0.4, 0.5) is 14.5 Å². The van der Waals surface area contributed by atoms with Crippen molar-refractivity contribution in [3.8, 4) is 11.3 Å². The molecular weight excluding hydrogens is 302 g/mol. The minimum absolute atomic E-state index is 0.0519. The van der Waals surface area contributed by atoms with Crippen molar-refractivity contribution in [2.45, 2.75) is 6.54 Å². The number of hydrogen-bond acceptors (Lipinski definition) is 3. The number of rotatable bonds is 4. The molecule has 1 N–H and O–H groups in total. The molecule has 0 unspecified atom stereocenters. The standard InChI is InChI=1S/C16H12F2N4O/c17-13-2-1-12(9-14(13)18)21-16(23)10-22-15(5-8-20-22)11-3-6-19-7-4-11/h1-9H,10H2,(H,21,23). The van der Waals surface area contributed by atoms with Gasteiger partial charge in [-0.2, -0.15) is 5.10 Å². The minimum Gasteiger partial charge on any atom is -0.324 e. The van der Waals surface area contributed by atoms with Crippen molar-refractivity contribution in [1.82, 2.24) is 14.8 Å². The Balaban J connectivity index is 1.74. The number of carbonyl (C=O) groups excluding carboxylic acids is 1. The van der Waals surface area contributed by atoms with E-state index in [0.717, 1.165) is 23.4 Å². The maximum Gasteiger partial charge on any atom is 0.246 e. The molecule has 0 aliphatic heterocycles. The van der Waals surface area contributed by atoms with Gasteiger partial charge in [-0.15, -0.1) is 0 Å². The van der Waals surface area contributed by atoms with E-state index in [-0.39, 0.29) is 12.2 Å². The van der Waals surface area contributed by atoms with Gasteiger partial charge in [-0.25, -0.2) is 8.78 Å². The summed E-state index contributed by atoms with van der Waals surface area (Å²) in [6.45, 7) is -0.0519. The van der Waals surface area contributed by atoms with Gasteiger partial charge in [0.2, 0.25) is 5.91 Å². The van der Waals surface area contributed by atoms with E-state index >= 15 is 0 Å². The molecule has 1 amide bonds. The molecule has 3 rings (SSSR count). The van der Waals surface area contributed by atoms with E-state index in [1.54, 1.807) is 36.8 Å². The van der Waals surface area contributed by atoms with Gasteiger partial charge in [-0.1, -0.05) is 0 Å². The molecule has 5 nitrogen and oxygen atoms in total. The molecule has 0 spiro atoms. The number of hydrogen-bond donors (Lipinski definition) is 1. The first-order valence-corrected chi connectivity index (χ1v) is 6.80. The van der Waals surface area contributed by atoms with Crippen LogP contribution in [0.1, 0.15) is 0 Å². The summed E-state index contributed by atoms with van der Waals surface area (Å²) in [6, 6.07) is 8.58. The fourth-order valence-corrected chi connectivity index (χ4v) is 2.14. The fraction of sp³-hybridized carbons (Fsp3) is 0.0625. The molecule has 2 aromatic heterocycles. The summed E-state index contributed by atoms with van der Waals surface area (Å²) >= 11 is 0. The van der Waals surface area contributed by atoms with Crippen LogP contribution in [0.15, 0.2) is 55.0 Å². The van der Waals surface area contributed by atoms with Gasteiger partial charge in [-0.05, 0) is 30.3 Å². The number of amides is 1. The minimum atomic E-state index is -1.01. The van der Waals surface area contributed by atoms with Crippen LogP contribution in [-0.2, 0) is 11.3 Å². The Morgan fingerprint density at radius 2 is 1.83 bits per heavy atom. The quantitative estimate of drug-likeness (QED) is 0.805. The SMILES string of the molecule is O=C(Cn1nccc1-c1ccncc1)Nc1ccc(F)c(F)c1. The first-order chi connectivity index (χ1) is 11.1. The van der Waals surface area contributed by atoms with Crippen LogP contribution in [0.5, 0.6) is 0 Å². The van der Waals surface area contributed by atoms with Crippen LogP contribution in [0, 0.1) is 11.6 Å². The molecule has 0 bridgehead atoms. The number of benzene rings is 1. The molecular formula is C16H12F2N4O. The van der Waals surface area contributed by atoms with Crippen molar-refractivity contribution in [3.63, 3.8) is 0 Å². The summed E-state index contributed by atoms with van der Waals surface area (Å²) < 4.78 is 27.5. The van der Waals surface area contributed by atoms with Crippen LogP contribution in [0.25, 0.3) is 11.3 Å². The molecule has 0 saturated carbocycles. The van der Waals surface area contributed by atoms with Crippen LogP contribution in [0.2, 0.25) is 0 Å². The lowest BCUT2D eigenvalue weighted by atomic mass is 10.2. The van der Waals surface area contributed by atoms with Gasteiger partial charge in [0, 0.05) is 35.9 Å². The lowest BCUT2D eigenvalue weighted by Gasteiger charge is -2.09. The van der Waals surface area contributed by atoms with Gasteiger partial charge in [0.25, 0.3) is 0 Å². The van der Waals surface area contributed by atoms with Gasteiger partial charge < -0.3 is 5.32 Å². The Bertz CT molecular complexity index is 833. The van der Waals surface area contributed by atoms with E-state index in [1.807, 2.05) is 0 Å². The Morgan fingerprint density at radius 1 is 1.04 bits per heavy atom. The van der Waals surface area contributed by atoms with E-state index in [9.17, 15) is 13.6 Å². The zero-order chi connectivity index (χ0) is 16.2. The average molecular weight is 314 g/mol. The van der Waals surface area contributed by atoms with Gasteiger partial charge in [0.1, 0.15) is 6.54 Å². The van der Waals surface area contributed by atoms with E-state index in [0.29, 0.717) is 0 Å². The largest absolute Gasteiger partial charge is 0.324 e. The predicted molar refractivity (Wildman–Crippen MR) is 80.4 cm³/mol. The Labute approximate surface area is 130 Å². The molecule has 3 aromatic rings. The second-order valence-electron chi connectivity index (χ2n) is 4.79. The van der Waals surface area contributed by atoms with Crippen LogP contribution < -0.4 is 5.32 Å². The highest BCUT2D eigenvalue weighted by atomic mass is 19.2. The zero-order valence-electron chi connectivity index (χ0n) is 11.9. The van der Waals surface area contributed by atoms with Crippen molar-refractivity contribution in [2.24, 2.45) is 0 Å². The Morgan fingerprint density at radius 3 is 2.57 bits per heavy atom. The molecule has 23 heavy (non-hydrogen) atoms. The lowest BCUT2D eigenvalue weighted by molar-refractivity contribution is -0.116. The Hall–Kier alpha value is -3.09. The third kappa shape index (κ3) is 3.39. The number of carbonyl (C=O) groups is 1. The number of pyridine rings is 1. The number of nitrogens with one attached hydrogen (secondary N) is 1. The molecule has 7 heteroatoms. The summed E-state index contributed by atoms with van der Waals surface area (Å²) in [7, 11) is 0. The molecule has 0 radical (unpaired) electrons. The van der Waals surface area contributed by atoms with Crippen molar-refractivity contribution in [1.29, 1.82) is 0 Å². The molecule has 2 heterocycles. The van der Waals surface area contributed by atoms with Gasteiger partial charge in [0.15, 0.2) is 11.6 Å². The third-order valence-corrected chi connectivity index (χ3v) is 3.19. The highest BCUT2D eigenvalue weighted by Crippen LogP contribution is 2.18. The summed E-state index contributed by atoms with van der Waals surface area (Å²) in [5, 5.41) is 6.62. The van der Waals surface area contributed by atoms with Crippen molar-refractivity contribution < 1.29 is 13.6 Å². The van der Waals surface area contributed by atoms with Crippen molar-refractivity contribution in [2.75, 3.05) is 5.32 Å². The molecule has 0 fully saturated rings. The van der Waals surface area contributed by atoms with E-state index in [4.69, 9.17) is 0 Å². The van der Waals surface area contributed by atoms with Crippen molar-refractivity contribution in [3.05, 3.63) is 66.6 Å². The third-order valence-electron chi connectivity index (χ3n) is 3.19. The monoisotopic (exact) mass is 314 g/mol. The maximum atomic E-state index is 13.1. The number of anilines is 1. The molecule has 0 atom stereocenters. The van der Waals surface area contributed by atoms with Crippen LogP contribution in [-0.4, -0.2) is 20.7 Å². The normalized spacial score (nSPS) is 10.5. The number of aromatic nitrogens is 3. The second kappa shape index (κ2) is 6.35. The molecule has 0 aliphatic rings. The first kappa shape index (κ1) is 14.8. The Kier molecular flexibility index (Phi) is 4.09. The van der Waals surface area contributed by atoms with Crippen molar-refractivity contribution >= 4 is 11.6 Å². The molecule has 116 valence electrons. The van der Waals surface area contributed by atoms with Gasteiger partial charge >= 0.3 is 0 Å². The summed E-state index contributed by atoms with van der Waals surface area (Å²) in [4.78, 5) is 16.0. The summed E-state index contributed by atoms with van der Waals surface area (Å²) in [5.41, 5.74) is 1.82. The second-order valence-corrected chi connectivity index (χ2v) is 4.79. The smallest absolute Gasteiger partial charge is 0.246 e.